The van der Waals surface area contributed by atoms with Crippen LogP contribution < -0.4 is 0 Å². The van der Waals surface area contributed by atoms with Gasteiger partial charge in [0.25, 0.3) is 0 Å². The molecule has 0 fully saturated rings. The summed E-state index contributed by atoms with van der Waals surface area (Å²) in [7, 11) is 0. The van der Waals surface area contributed by atoms with Crippen molar-refractivity contribution in [3.8, 4) is 66.8 Å². The first-order valence-electron chi connectivity index (χ1n) is 22.7. The molecule has 0 spiro atoms. The summed E-state index contributed by atoms with van der Waals surface area (Å²) >= 11 is 0. The van der Waals surface area contributed by atoms with E-state index in [2.05, 4.69) is 244 Å². The normalized spacial score (nSPS) is 14.2. The molecule has 0 aromatic heterocycles. The number of hydrogen-bond donors (Lipinski definition) is 0. The fourth-order valence-electron chi connectivity index (χ4n) is 11.2. The Labute approximate surface area is 375 Å². The zero-order valence-electron chi connectivity index (χ0n) is 35.9. The van der Waals surface area contributed by atoms with Gasteiger partial charge in [0, 0.05) is 5.41 Å². The largest absolute Gasteiger partial charge is 0.0653 e. The molecule has 11 aromatic carbocycles. The second-order valence-electron chi connectivity index (χ2n) is 17.4. The maximum atomic E-state index is 2.56. The molecule has 0 heterocycles. The van der Waals surface area contributed by atoms with Crippen molar-refractivity contribution in [2.75, 3.05) is 0 Å². The van der Waals surface area contributed by atoms with Gasteiger partial charge >= 0.3 is 0 Å². The van der Waals surface area contributed by atoms with Gasteiger partial charge in [-0.3, -0.25) is 0 Å². The molecule has 0 amide bonds. The smallest absolute Gasteiger partial charge is 0.0469 e. The predicted octanol–water partition coefficient (Wildman–Crippen LogP) is 17.6. The third-order valence-corrected chi connectivity index (χ3v) is 13.9. The lowest BCUT2D eigenvalue weighted by molar-refractivity contribution is 0.567. The molecule has 302 valence electrons. The van der Waals surface area contributed by atoms with Gasteiger partial charge in [-0.05, 0) is 146 Å². The molecule has 1 aliphatic rings. The molecule has 0 aliphatic heterocycles. The van der Waals surface area contributed by atoms with Crippen molar-refractivity contribution in [3.05, 3.63) is 253 Å². The Kier molecular flexibility index (Phi) is 9.20. The van der Waals surface area contributed by atoms with Crippen molar-refractivity contribution in [3.63, 3.8) is 0 Å². The van der Waals surface area contributed by atoms with E-state index in [0.29, 0.717) is 0 Å². The van der Waals surface area contributed by atoms with Crippen LogP contribution in [0.1, 0.15) is 36.5 Å². The van der Waals surface area contributed by atoms with Gasteiger partial charge in [-0.1, -0.05) is 226 Å². The number of rotatable bonds is 8. The van der Waals surface area contributed by atoms with Gasteiger partial charge in [-0.15, -0.1) is 0 Å². The van der Waals surface area contributed by atoms with E-state index in [-0.39, 0.29) is 5.41 Å². The van der Waals surface area contributed by atoms with Crippen LogP contribution in [-0.2, 0) is 5.41 Å². The van der Waals surface area contributed by atoms with Gasteiger partial charge in [0.05, 0.1) is 0 Å². The van der Waals surface area contributed by atoms with E-state index in [9.17, 15) is 0 Å². The van der Waals surface area contributed by atoms with Crippen LogP contribution in [0.15, 0.2) is 237 Å². The summed E-state index contributed by atoms with van der Waals surface area (Å²) in [5, 5.41) is 7.68. The average molecular weight is 815 g/mol. The van der Waals surface area contributed by atoms with Crippen molar-refractivity contribution >= 4 is 32.3 Å². The highest BCUT2D eigenvalue weighted by Gasteiger charge is 2.45. The predicted molar refractivity (Wildman–Crippen MR) is 273 cm³/mol. The minimum Gasteiger partial charge on any atom is -0.0653 e. The highest BCUT2D eigenvalue weighted by Crippen LogP contribution is 2.57. The topological polar surface area (TPSA) is 0 Å². The minimum atomic E-state index is -0.284. The lowest BCUT2D eigenvalue weighted by Gasteiger charge is -2.34. The Morgan fingerprint density at radius 1 is 0.281 bits per heavy atom. The first kappa shape index (κ1) is 37.9. The molecule has 11 aromatic rings. The third kappa shape index (κ3) is 6.05. The SMILES string of the molecule is CCCC1(c2cccc3ccccc23)c2ccccc2-c2ccc(-c3c4ccccc4c(-c4ccc(-c5cc(-c6ccccc6)cc(-c6ccccc6)c5)cc4)c4ccccc34)cc21. The van der Waals surface area contributed by atoms with Crippen molar-refractivity contribution in [1.29, 1.82) is 0 Å². The average Bonchev–Trinajstić information content (AvgIpc) is 3.65. The van der Waals surface area contributed by atoms with Crippen LogP contribution >= 0.6 is 0 Å². The first-order chi connectivity index (χ1) is 31.7. The Bertz CT molecular complexity index is 3420. The molecule has 1 atom stereocenters. The maximum absolute atomic E-state index is 2.56. The Balaban J connectivity index is 1.03. The summed E-state index contributed by atoms with van der Waals surface area (Å²) in [5.74, 6) is 0. The quantitative estimate of drug-likeness (QED) is 0.134. The number of fused-ring (bicyclic) bond motifs is 6. The molecule has 1 aliphatic carbocycles. The zero-order chi connectivity index (χ0) is 42.6. The molecular weight excluding hydrogens is 769 g/mol. The van der Waals surface area contributed by atoms with E-state index >= 15 is 0 Å². The summed E-state index contributed by atoms with van der Waals surface area (Å²) in [6.45, 7) is 2.34. The Morgan fingerprint density at radius 2 is 0.703 bits per heavy atom. The zero-order valence-corrected chi connectivity index (χ0v) is 35.9. The molecule has 0 nitrogen and oxygen atoms in total. The van der Waals surface area contributed by atoms with E-state index in [1.807, 2.05) is 0 Å². The van der Waals surface area contributed by atoms with Crippen LogP contribution in [0.25, 0.3) is 99.1 Å². The second-order valence-corrected chi connectivity index (χ2v) is 17.4. The standard InChI is InChI=1S/C64H46/c1-2-38-64(59-31-17-23-46-22-9-10-24-52(46)59)60-30-16-15-25-53(60)54-37-36-48(42-61(54)64)63-57-28-13-11-26-55(57)62(56-27-12-14-29-58(56)63)47-34-32-45(33-35-47)51-40-49(43-18-5-3-6-19-43)39-50(41-51)44-20-7-4-8-21-44/h3-37,39-42H,2,38H2,1H3. The van der Waals surface area contributed by atoms with Crippen LogP contribution in [0.5, 0.6) is 0 Å². The summed E-state index contributed by atoms with van der Waals surface area (Å²) in [5.41, 5.74) is 18.9. The van der Waals surface area contributed by atoms with Crippen LogP contribution in [0.2, 0.25) is 0 Å². The molecule has 0 saturated heterocycles. The van der Waals surface area contributed by atoms with Crippen LogP contribution in [0.4, 0.5) is 0 Å². The van der Waals surface area contributed by atoms with Crippen molar-refractivity contribution < 1.29 is 0 Å². The highest BCUT2D eigenvalue weighted by atomic mass is 14.5. The van der Waals surface area contributed by atoms with Gasteiger partial charge in [0.1, 0.15) is 0 Å². The van der Waals surface area contributed by atoms with E-state index in [4.69, 9.17) is 0 Å². The number of benzene rings is 11. The lowest BCUT2D eigenvalue weighted by atomic mass is 9.68. The van der Waals surface area contributed by atoms with E-state index < -0.39 is 0 Å². The van der Waals surface area contributed by atoms with E-state index in [1.165, 1.54) is 116 Å². The van der Waals surface area contributed by atoms with E-state index in [1.54, 1.807) is 0 Å². The van der Waals surface area contributed by atoms with Gasteiger partial charge in [-0.2, -0.15) is 0 Å². The van der Waals surface area contributed by atoms with Gasteiger partial charge in [0.15, 0.2) is 0 Å². The van der Waals surface area contributed by atoms with Crippen LogP contribution in [0.3, 0.4) is 0 Å². The van der Waals surface area contributed by atoms with Crippen LogP contribution in [0, 0.1) is 0 Å². The first-order valence-corrected chi connectivity index (χ1v) is 22.7. The van der Waals surface area contributed by atoms with Gasteiger partial charge in [-0.25, -0.2) is 0 Å². The molecule has 64 heavy (non-hydrogen) atoms. The summed E-state index contributed by atoms with van der Waals surface area (Å²) < 4.78 is 0. The van der Waals surface area contributed by atoms with Gasteiger partial charge < -0.3 is 0 Å². The minimum absolute atomic E-state index is 0.284. The summed E-state index contributed by atoms with van der Waals surface area (Å²) in [6.07, 6.45) is 2.09. The summed E-state index contributed by atoms with van der Waals surface area (Å²) in [6, 6.07) is 88.2. The molecule has 0 heteroatoms. The number of hydrogen-bond acceptors (Lipinski definition) is 0. The second kappa shape index (κ2) is 15.5. The Morgan fingerprint density at radius 3 is 1.30 bits per heavy atom. The molecule has 1 unspecified atom stereocenters. The Hall–Kier alpha value is -7.80. The van der Waals surface area contributed by atoms with Crippen LogP contribution in [-0.4, -0.2) is 0 Å². The third-order valence-electron chi connectivity index (χ3n) is 13.9. The van der Waals surface area contributed by atoms with Crippen molar-refractivity contribution in [2.24, 2.45) is 0 Å². The molecular formula is C64H46. The summed E-state index contributed by atoms with van der Waals surface area (Å²) in [4.78, 5) is 0. The fraction of sp³-hybridized carbons (Fsp3) is 0.0625. The monoisotopic (exact) mass is 814 g/mol. The molecule has 0 saturated carbocycles. The molecule has 0 bridgehead atoms. The van der Waals surface area contributed by atoms with Gasteiger partial charge in [0.2, 0.25) is 0 Å². The fourth-order valence-corrected chi connectivity index (χ4v) is 11.2. The van der Waals surface area contributed by atoms with E-state index in [0.717, 1.165) is 12.8 Å². The molecule has 0 radical (unpaired) electrons. The molecule has 12 rings (SSSR count). The maximum Gasteiger partial charge on any atom is 0.0469 e. The van der Waals surface area contributed by atoms with Crippen molar-refractivity contribution in [1.82, 2.24) is 0 Å². The molecule has 0 N–H and O–H groups in total. The van der Waals surface area contributed by atoms with Crippen molar-refractivity contribution in [2.45, 2.75) is 25.2 Å². The lowest BCUT2D eigenvalue weighted by Crippen LogP contribution is -2.27. The highest BCUT2D eigenvalue weighted by molar-refractivity contribution is 6.21.